The molecule has 0 amide bonds. The lowest BCUT2D eigenvalue weighted by molar-refractivity contribution is -0.137. The molecule has 0 aliphatic heterocycles. The van der Waals surface area contributed by atoms with Gasteiger partial charge in [-0.3, -0.25) is 4.79 Å². The Hall–Kier alpha value is -1.91. The lowest BCUT2D eigenvalue weighted by Crippen LogP contribution is -2.01. The maximum absolute atomic E-state index is 10.4. The molecule has 5 heteroatoms. The molecule has 0 aliphatic carbocycles. The summed E-state index contributed by atoms with van der Waals surface area (Å²) >= 11 is 0. The van der Waals surface area contributed by atoms with E-state index < -0.39 is 5.97 Å². The quantitative estimate of drug-likeness (QED) is 0.812. The molecule has 0 saturated carbocycles. The van der Waals surface area contributed by atoms with Gasteiger partial charge in [-0.1, -0.05) is 6.07 Å². The van der Waals surface area contributed by atoms with E-state index in [1.807, 2.05) is 18.2 Å². The van der Waals surface area contributed by atoms with Crippen LogP contribution in [0.3, 0.4) is 0 Å². The molecule has 15 heavy (non-hydrogen) atoms. The smallest absolute Gasteiger partial charge is 0.303 e. The van der Waals surface area contributed by atoms with Gasteiger partial charge in [0.25, 0.3) is 0 Å². The third kappa shape index (κ3) is 2.12. The number of aliphatic carboxylic acids is 1. The third-order valence-corrected chi connectivity index (χ3v) is 2.20. The van der Waals surface area contributed by atoms with E-state index in [1.54, 1.807) is 4.52 Å². The van der Waals surface area contributed by atoms with Crippen molar-refractivity contribution >= 4 is 11.6 Å². The Morgan fingerprint density at radius 3 is 3.13 bits per heavy atom. The van der Waals surface area contributed by atoms with E-state index in [1.165, 1.54) is 6.33 Å². The van der Waals surface area contributed by atoms with Crippen LogP contribution in [-0.2, 0) is 11.2 Å². The van der Waals surface area contributed by atoms with Crippen LogP contribution >= 0.6 is 0 Å². The number of carbonyl (C=O) groups is 1. The maximum Gasteiger partial charge on any atom is 0.303 e. The van der Waals surface area contributed by atoms with Crippen LogP contribution in [-0.4, -0.2) is 25.7 Å². The van der Waals surface area contributed by atoms with Crippen LogP contribution in [0.1, 0.15) is 18.5 Å². The van der Waals surface area contributed by atoms with Crippen LogP contribution in [0.4, 0.5) is 0 Å². The van der Waals surface area contributed by atoms with Crippen molar-refractivity contribution in [3.05, 3.63) is 30.2 Å². The van der Waals surface area contributed by atoms with Gasteiger partial charge >= 0.3 is 5.97 Å². The molecule has 0 radical (unpaired) electrons. The SMILES string of the molecule is O=C(O)CCCc1cccc2ncnn12. The molecule has 0 aliphatic rings. The summed E-state index contributed by atoms with van der Waals surface area (Å²) in [5.41, 5.74) is 1.79. The first kappa shape index (κ1) is 9.64. The fourth-order valence-electron chi connectivity index (χ4n) is 1.51. The highest BCUT2D eigenvalue weighted by Crippen LogP contribution is 2.07. The predicted molar refractivity (Wildman–Crippen MR) is 53.6 cm³/mol. The van der Waals surface area contributed by atoms with Crippen LogP contribution < -0.4 is 0 Å². The van der Waals surface area contributed by atoms with Gasteiger partial charge in [0, 0.05) is 12.1 Å². The Balaban J connectivity index is 2.13. The zero-order chi connectivity index (χ0) is 10.7. The number of rotatable bonds is 4. The fraction of sp³-hybridized carbons (Fsp3) is 0.300. The minimum absolute atomic E-state index is 0.186. The van der Waals surface area contributed by atoms with E-state index in [0.29, 0.717) is 12.8 Å². The van der Waals surface area contributed by atoms with E-state index in [0.717, 1.165) is 11.3 Å². The first-order valence-electron chi connectivity index (χ1n) is 4.77. The molecular weight excluding hydrogens is 194 g/mol. The maximum atomic E-state index is 10.4. The van der Waals surface area contributed by atoms with Gasteiger partial charge in [0.15, 0.2) is 5.65 Å². The summed E-state index contributed by atoms with van der Waals surface area (Å²) in [5.74, 6) is -0.763. The van der Waals surface area contributed by atoms with Gasteiger partial charge in [0.1, 0.15) is 6.33 Å². The van der Waals surface area contributed by atoms with Crippen LogP contribution in [0.15, 0.2) is 24.5 Å². The van der Waals surface area contributed by atoms with Crippen molar-refractivity contribution in [3.8, 4) is 0 Å². The van der Waals surface area contributed by atoms with E-state index in [9.17, 15) is 4.79 Å². The summed E-state index contributed by atoms with van der Waals surface area (Å²) in [7, 11) is 0. The summed E-state index contributed by atoms with van der Waals surface area (Å²) in [4.78, 5) is 14.4. The molecule has 2 rings (SSSR count). The summed E-state index contributed by atoms with van der Waals surface area (Å²) in [6.45, 7) is 0. The number of fused-ring (bicyclic) bond motifs is 1. The van der Waals surface area contributed by atoms with Gasteiger partial charge in [0.2, 0.25) is 0 Å². The Kier molecular flexibility index (Phi) is 2.62. The minimum Gasteiger partial charge on any atom is -0.481 e. The van der Waals surface area contributed by atoms with Gasteiger partial charge in [-0.05, 0) is 25.0 Å². The average molecular weight is 205 g/mol. The molecule has 78 valence electrons. The van der Waals surface area contributed by atoms with Gasteiger partial charge in [-0.15, -0.1) is 0 Å². The number of hydrogen-bond donors (Lipinski definition) is 1. The van der Waals surface area contributed by atoms with Gasteiger partial charge < -0.3 is 5.11 Å². The second kappa shape index (κ2) is 4.08. The number of carboxylic acid groups (broad SMARTS) is 1. The zero-order valence-corrected chi connectivity index (χ0v) is 8.13. The van der Waals surface area contributed by atoms with Crippen molar-refractivity contribution in [1.82, 2.24) is 14.6 Å². The first-order valence-corrected chi connectivity index (χ1v) is 4.77. The normalized spacial score (nSPS) is 10.7. The Labute approximate surface area is 86.4 Å². The van der Waals surface area contributed by atoms with Gasteiger partial charge in [-0.25, -0.2) is 9.50 Å². The van der Waals surface area contributed by atoms with Crippen LogP contribution in [0.25, 0.3) is 5.65 Å². The number of nitrogens with zero attached hydrogens (tertiary/aromatic N) is 3. The first-order chi connectivity index (χ1) is 7.27. The molecule has 2 aromatic heterocycles. The summed E-state index contributed by atoms with van der Waals surface area (Å²) in [5, 5.41) is 12.6. The van der Waals surface area contributed by atoms with Gasteiger partial charge in [0.05, 0.1) is 0 Å². The zero-order valence-electron chi connectivity index (χ0n) is 8.13. The Morgan fingerprint density at radius 2 is 2.33 bits per heavy atom. The molecule has 0 bridgehead atoms. The number of pyridine rings is 1. The molecule has 2 heterocycles. The van der Waals surface area contributed by atoms with E-state index in [4.69, 9.17) is 5.11 Å². The number of aromatic nitrogens is 3. The topological polar surface area (TPSA) is 67.5 Å². The molecule has 5 nitrogen and oxygen atoms in total. The molecule has 0 unspecified atom stereocenters. The van der Waals surface area contributed by atoms with Crippen molar-refractivity contribution < 1.29 is 9.90 Å². The van der Waals surface area contributed by atoms with Crippen molar-refractivity contribution in [3.63, 3.8) is 0 Å². The second-order valence-corrected chi connectivity index (χ2v) is 3.29. The highest BCUT2D eigenvalue weighted by molar-refractivity contribution is 5.66. The van der Waals surface area contributed by atoms with Crippen LogP contribution in [0.2, 0.25) is 0 Å². The third-order valence-electron chi connectivity index (χ3n) is 2.20. The molecule has 0 spiro atoms. The molecular formula is C10H11N3O2. The highest BCUT2D eigenvalue weighted by Gasteiger charge is 2.03. The molecule has 2 aromatic rings. The summed E-state index contributed by atoms with van der Waals surface area (Å²) in [6.07, 6.45) is 3.00. The van der Waals surface area contributed by atoms with Crippen molar-refractivity contribution in [2.24, 2.45) is 0 Å². The largest absolute Gasteiger partial charge is 0.481 e. The van der Waals surface area contributed by atoms with E-state index in [-0.39, 0.29) is 6.42 Å². The fourth-order valence-corrected chi connectivity index (χ4v) is 1.51. The summed E-state index contributed by atoms with van der Waals surface area (Å²) in [6, 6.07) is 5.71. The second-order valence-electron chi connectivity index (χ2n) is 3.29. The standard InChI is InChI=1S/C10H11N3O2/c14-10(15)6-2-4-8-3-1-5-9-11-7-12-13(8)9/h1,3,5,7H,2,4,6H2,(H,14,15). The van der Waals surface area contributed by atoms with Gasteiger partial charge in [-0.2, -0.15) is 5.10 Å². The van der Waals surface area contributed by atoms with E-state index >= 15 is 0 Å². The Bertz CT molecular complexity index is 478. The summed E-state index contributed by atoms with van der Waals surface area (Å²) < 4.78 is 1.74. The lowest BCUT2D eigenvalue weighted by Gasteiger charge is -2.02. The minimum atomic E-state index is -0.763. The van der Waals surface area contributed by atoms with Crippen LogP contribution in [0, 0.1) is 0 Å². The molecule has 0 fully saturated rings. The lowest BCUT2D eigenvalue weighted by atomic mass is 10.2. The molecule has 0 atom stereocenters. The molecule has 0 aromatic carbocycles. The monoisotopic (exact) mass is 205 g/mol. The number of aryl methyl sites for hydroxylation is 1. The van der Waals surface area contributed by atoms with Crippen molar-refractivity contribution in [2.45, 2.75) is 19.3 Å². The predicted octanol–water partition coefficient (Wildman–Crippen LogP) is 1.14. The molecule has 1 N–H and O–H groups in total. The van der Waals surface area contributed by atoms with Crippen molar-refractivity contribution in [2.75, 3.05) is 0 Å². The van der Waals surface area contributed by atoms with E-state index in [2.05, 4.69) is 10.1 Å². The molecule has 0 saturated heterocycles. The average Bonchev–Trinajstić information content (AvgIpc) is 2.65. The van der Waals surface area contributed by atoms with Crippen molar-refractivity contribution in [1.29, 1.82) is 0 Å². The number of hydrogen-bond acceptors (Lipinski definition) is 3. The number of carboxylic acids is 1. The Morgan fingerprint density at radius 1 is 1.47 bits per heavy atom. The highest BCUT2D eigenvalue weighted by atomic mass is 16.4. The van der Waals surface area contributed by atoms with Crippen LogP contribution in [0.5, 0.6) is 0 Å².